The van der Waals surface area contributed by atoms with Gasteiger partial charge in [-0.05, 0) is 67.4 Å². The average molecular weight is 272 g/mol. The minimum atomic E-state index is -0.442. The standard InChI is InChI=1S/C18H24O2/c19-18(15-7-9-20-10-8-15)16-5-6-17(18)12-14-4-2-1-3-13(14)11-16/h1-4,15-17,19H,5-12H2. The van der Waals surface area contributed by atoms with Crippen LogP contribution in [-0.2, 0) is 17.6 Å². The third-order valence-electron chi connectivity index (χ3n) is 6.10. The largest absolute Gasteiger partial charge is 0.389 e. The van der Waals surface area contributed by atoms with Crippen molar-refractivity contribution < 1.29 is 9.84 Å². The third kappa shape index (κ3) is 1.85. The van der Waals surface area contributed by atoms with Crippen molar-refractivity contribution in [2.24, 2.45) is 17.8 Å². The highest BCUT2D eigenvalue weighted by Gasteiger charge is 2.54. The van der Waals surface area contributed by atoms with Crippen LogP contribution in [0, 0.1) is 17.8 Å². The van der Waals surface area contributed by atoms with Gasteiger partial charge in [0.2, 0.25) is 0 Å². The lowest BCUT2D eigenvalue weighted by atomic mass is 9.70. The number of aliphatic hydroxyl groups is 1. The summed E-state index contributed by atoms with van der Waals surface area (Å²) in [6, 6.07) is 8.82. The second-order valence-electron chi connectivity index (χ2n) is 6.92. The van der Waals surface area contributed by atoms with Gasteiger partial charge in [-0.1, -0.05) is 24.3 Å². The molecule has 2 nitrogen and oxygen atoms in total. The summed E-state index contributed by atoms with van der Waals surface area (Å²) in [5, 5.41) is 11.6. The molecule has 1 aromatic carbocycles. The number of benzene rings is 1. The normalized spacial score (nSPS) is 37.5. The first-order valence-electron chi connectivity index (χ1n) is 8.15. The van der Waals surface area contributed by atoms with E-state index in [1.54, 1.807) is 0 Å². The van der Waals surface area contributed by atoms with Crippen LogP contribution in [0.25, 0.3) is 0 Å². The molecule has 2 heteroatoms. The van der Waals surface area contributed by atoms with Gasteiger partial charge < -0.3 is 9.84 Å². The van der Waals surface area contributed by atoms with E-state index in [0.717, 1.165) is 38.9 Å². The second-order valence-corrected chi connectivity index (χ2v) is 6.92. The van der Waals surface area contributed by atoms with Gasteiger partial charge in [0.15, 0.2) is 0 Å². The number of hydrogen-bond acceptors (Lipinski definition) is 2. The monoisotopic (exact) mass is 272 g/mol. The topological polar surface area (TPSA) is 29.5 Å². The minimum Gasteiger partial charge on any atom is -0.389 e. The van der Waals surface area contributed by atoms with E-state index in [4.69, 9.17) is 4.74 Å². The van der Waals surface area contributed by atoms with E-state index >= 15 is 0 Å². The van der Waals surface area contributed by atoms with Crippen LogP contribution in [0.3, 0.4) is 0 Å². The SMILES string of the molecule is OC1(C2CCOCC2)C2CCC1Cc1ccccc1C2. The van der Waals surface area contributed by atoms with Crippen molar-refractivity contribution in [2.75, 3.05) is 13.2 Å². The maximum Gasteiger partial charge on any atom is 0.0739 e. The maximum absolute atomic E-state index is 11.6. The van der Waals surface area contributed by atoms with Crippen molar-refractivity contribution in [1.82, 2.24) is 0 Å². The molecule has 0 aromatic heterocycles. The molecular weight excluding hydrogens is 248 g/mol. The van der Waals surface area contributed by atoms with Crippen LogP contribution in [0.15, 0.2) is 24.3 Å². The molecule has 2 atom stereocenters. The molecule has 4 rings (SSSR count). The molecule has 1 aliphatic heterocycles. The van der Waals surface area contributed by atoms with Crippen LogP contribution in [0.4, 0.5) is 0 Å². The summed E-state index contributed by atoms with van der Waals surface area (Å²) < 4.78 is 5.51. The van der Waals surface area contributed by atoms with Crippen LogP contribution < -0.4 is 0 Å². The summed E-state index contributed by atoms with van der Waals surface area (Å²) in [6.07, 6.45) is 6.63. The van der Waals surface area contributed by atoms with Gasteiger partial charge in [-0.2, -0.15) is 0 Å². The Bertz CT molecular complexity index is 457. The van der Waals surface area contributed by atoms with Crippen molar-refractivity contribution in [2.45, 2.75) is 44.1 Å². The molecule has 2 bridgehead atoms. The smallest absolute Gasteiger partial charge is 0.0739 e. The van der Waals surface area contributed by atoms with Gasteiger partial charge in [-0.15, -0.1) is 0 Å². The van der Waals surface area contributed by atoms with Crippen molar-refractivity contribution in [3.8, 4) is 0 Å². The van der Waals surface area contributed by atoms with Crippen molar-refractivity contribution in [1.29, 1.82) is 0 Å². The van der Waals surface area contributed by atoms with Gasteiger partial charge >= 0.3 is 0 Å². The van der Waals surface area contributed by atoms with Crippen molar-refractivity contribution in [3.63, 3.8) is 0 Å². The highest BCUT2D eigenvalue weighted by Crippen LogP contribution is 2.52. The van der Waals surface area contributed by atoms with Crippen LogP contribution in [0.2, 0.25) is 0 Å². The number of hydrogen-bond donors (Lipinski definition) is 1. The molecule has 0 radical (unpaired) electrons. The van der Waals surface area contributed by atoms with Crippen molar-refractivity contribution >= 4 is 0 Å². The fourth-order valence-electron chi connectivity index (χ4n) is 5.04. The fraction of sp³-hybridized carbons (Fsp3) is 0.667. The molecule has 1 saturated heterocycles. The molecule has 0 amide bonds. The lowest BCUT2D eigenvalue weighted by Gasteiger charge is -2.43. The molecule has 3 aliphatic rings. The molecule has 0 spiro atoms. The molecule has 1 N–H and O–H groups in total. The Hall–Kier alpha value is -0.860. The predicted molar refractivity (Wildman–Crippen MR) is 78.6 cm³/mol. The molecule has 1 saturated carbocycles. The lowest BCUT2D eigenvalue weighted by molar-refractivity contribution is -0.114. The molecule has 2 unspecified atom stereocenters. The maximum atomic E-state index is 11.6. The lowest BCUT2D eigenvalue weighted by Crippen LogP contribution is -2.49. The first-order valence-corrected chi connectivity index (χ1v) is 8.15. The van der Waals surface area contributed by atoms with Gasteiger partial charge in [0.25, 0.3) is 0 Å². The van der Waals surface area contributed by atoms with Gasteiger partial charge in [0.1, 0.15) is 0 Å². The van der Waals surface area contributed by atoms with Gasteiger partial charge in [0, 0.05) is 13.2 Å². The van der Waals surface area contributed by atoms with Crippen LogP contribution in [-0.4, -0.2) is 23.9 Å². The Morgan fingerprint density at radius 1 is 0.850 bits per heavy atom. The predicted octanol–water partition coefficient (Wildman–Crippen LogP) is 2.97. The third-order valence-corrected chi connectivity index (χ3v) is 6.10. The molecule has 2 fully saturated rings. The zero-order valence-electron chi connectivity index (χ0n) is 12.1. The molecule has 2 aliphatic carbocycles. The van der Waals surface area contributed by atoms with Crippen LogP contribution >= 0.6 is 0 Å². The summed E-state index contributed by atoms with van der Waals surface area (Å²) in [4.78, 5) is 0. The van der Waals surface area contributed by atoms with E-state index < -0.39 is 5.60 Å². The highest BCUT2D eigenvalue weighted by atomic mass is 16.5. The number of rotatable bonds is 1. The fourth-order valence-corrected chi connectivity index (χ4v) is 5.04. The first kappa shape index (κ1) is 12.8. The molecular formula is C18H24O2. The van der Waals surface area contributed by atoms with Crippen LogP contribution in [0.5, 0.6) is 0 Å². The summed E-state index contributed by atoms with van der Waals surface area (Å²) in [7, 11) is 0. The Balaban J connectivity index is 1.69. The Morgan fingerprint density at radius 3 is 1.95 bits per heavy atom. The first-order chi connectivity index (χ1) is 9.78. The zero-order valence-corrected chi connectivity index (χ0v) is 12.1. The quantitative estimate of drug-likeness (QED) is 0.851. The van der Waals surface area contributed by atoms with Gasteiger partial charge in [0.05, 0.1) is 5.60 Å². The van der Waals surface area contributed by atoms with Gasteiger partial charge in [-0.3, -0.25) is 0 Å². The van der Waals surface area contributed by atoms with Crippen molar-refractivity contribution in [3.05, 3.63) is 35.4 Å². The van der Waals surface area contributed by atoms with E-state index in [0.29, 0.717) is 17.8 Å². The Kier molecular flexibility index (Phi) is 3.12. The summed E-state index contributed by atoms with van der Waals surface area (Å²) in [6.45, 7) is 1.67. The molecule has 1 aromatic rings. The van der Waals surface area contributed by atoms with E-state index in [2.05, 4.69) is 24.3 Å². The summed E-state index contributed by atoms with van der Waals surface area (Å²) >= 11 is 0. The number of fused-ring (bicyclic) bond motifs is 3. The van der Waals surface area contributed by atoms with E-state index in [1.807, 2.05) is 0 Å². The van der Waals surface area contributed by atoms with E-state index in [1.165, 1.54) is 24.0 Å². The Labute approximate surface area is 121 Å². The number of ether oxygens (including phenoxy) is 1. The van der Waals surface area contributed by atoms with Crippen LogP contribution in [0.1, 0.15) is 36.8 Å². The highest BCUT2D eigenvalue weighted by molar-refractivity contribution is 5.32. The van der Waals surface area contributed by atoms with E-state index in [9.17, 15) is 5.11 Å². The molecule has 108 valence electrons. The minimum absolute atomic E-state index is 0.442. The second kappa shape index (κ2) is 4.85. The molecule has 20 heavy (non-hydrogen) atoms. The molecule has 1 heterocycles. The summed E-state index contributed by atoms with van der Waals surface area (Å²) in [5.74, 6) is 1.36. The Morgan fingerprint density at radius 2 is 1.40 bits per heavy atom. The summed E-state index contributed by atoms with van der Waals surface area (Å²) in [5.41, 5.74) is 2.51. The van der Waals surface area contributed by atoms with Gasteiger partial charge in [-0.25, -0.2) is 0 Å². The zero-order chi connectivity index (χ0) is 13.6. The van der Waals surface area contributed by atoms with E-state index in [-0.39, 0.29) is 0 Å². The average Bonchev–Trinajstić information content (AvgIpc) is 2.72.